The van der Waals surface area contributed by atoms with E-state index in [0.29, 0.717) is 5.69 Å². The molecule has 1 N–H and O–H groups in total. The van der Waals surface area contributed by atoms with Crippen molar-refractivity contribution in [2.75, 3.05) is 5.32 Å². The summed E-state index contributed by atoms with van der Waals surface area (Å²) in [6.45, 7) is -0.0200. The van der Waals surface area contributed by atoms with Gasteiger partial charge in [-0.05, 0) is 30.3 Å². The largest absolute Gasteiger partial charge is 0.325 e. The molecule has 3 aromatic heterocycles. The Bertz CT molecular complexity index is 1090. The maximum atomic E-state index is 12.1. The second-order valence-corrected chi connectivity index (χ2v) is 5.88. The zero-order valence-electron chi connectivity index (χ0n) is 13.9. The van der Waals surface area contributed by atoms with Gasteiger partial charge in [0.25, 0.3) is 5.56 Å². The Morgan fingerprint density at radius 3 is 2.50 bits per heavy atom. The standard InChI is InChI=1S/C20H16N4O2/c25-19(14-24-12-4-2-6-20(24)26)21-16-9-7-15(8-10-16)17-13-23-11-3-1-5-18(23)22-17/h1-13H,14H2,(H,21,25). The van der Waals surface area contributed by atoms with Gasteiger partial charge in [0, 0.05) is 35.9 Å². The molecule has 0 spiro atoms. The van der Waals surface area contributed by atoms with Gasteiger partial charge < -0.3 is 14.3 Å². The quantitative estimate of drug-likeness (QED) is 0.619. The van der Waals surface area contributed by atoms with E-state index in [1.165, 1.54) is 10.6 Å². The summed E-state index contributed by atoms with van der Waals surface area (Å²) in [5.74, 6) is -0.251. The summed E-state index contributed by atoms with van der Waals surface area (Å²) in [6.07, 6.45) is 5.51. The van der Waals surface area contributed by atoms with Crippen LogP contribution in [0.4, 0.5) is 5.69 Å². The highest BCUT2D eigenvalue weighted by atomic mass is 16.2. The molecule has 1 aromatic carbocycles. The Balaban J connectivity index is 1.48. The predicted octanol–water partition coefficient (Wildman–Crippen LogP) is 2.80. The Hall–Kier alpha value is -3.67. The predicted molar refractivity (Wildman–Crippen MR) is 100.0 cm³/mol. The molecule has 6 nitrogen and oxygen atoms in total. The molecule has 1 amide bonds. The van der Waals surface area contributed by atoms with Crippen LogP contribution in [0.15, 0.2) is 84.0 Å². The lowest BCUT2D eigenvalue weighted by Crippen LogP contribution is -2.26. The van der Waals surface area contributed by atoms with Crippen molar-refractivity contribution in [1.82, 2.24) is 14.0 Å². The fourth-order valence-corrected chi connectivity index (χ4v) is 2.74. The maximum Gasteiger partial charge on any atom is 0.250 e. The van der Waals surface area contributed by atoms with Gasteiger partial charge in [-0.2, -0.15) is 0 Å². The van der Waals surface area contributed by atoms with Crippen LogP contribution in [0.2, 0.25) is 0 Å². The number of nitrogens with zero attached hydrogens (tertiary/aromatic N) is 3. The number of hydrogen-bond donors (Lipinski definition) is 1. The molecule has 0 saturated carbocycles. The first kappa shape index (κ1) is 15.8. The molecule has 26 heavy (non-hydrogen) atoms. The molecule has 0 aliphatic heterocycles. The third-order valence-electron chi connectivity index (χ3n) is 4.04. The number of anilines is 1. The van der Waals surface area contributed by atoms with Crippen LogP contribution in [-0.4, -0.2) is 19.9 Å². The lowest BCUT2D eigenvalue weighted by Gasteiger charge is -2.07. The number of carbonyl (C=O) groups is 1. The number of nitrogens with one attached hydrogen (secondary N) is 1. The number of pyridine rings is 2. The molecule has 0 aliphatic rings. The smallest absolute Gasteiger partial charge is 0.250 e. The minimum absolute atomic E-state index is 0.0200. The van der Waals surface area contributed by atoms with Gasteiger partial charge in [0.05, 0.1) is 5.69 Å². The third kappa shape index (κ3) is 3.25. The molecule has 0 radical (unpaired) electrons. The lowest BCUT2D eigenvalue weighted by atomic mass is 10.1. The number of fused-ring (bicyclic) bond motifs is 1. The Kier molecular flexibility index (Phi) is 4.07. The van der Waals surface area contributed by atoms with Crippen molar-refractivity contribution in [3.63, 3.8) is 0 Å². The van der Waals surface area contributed by atoms with Crippen LogP contribution in [0.3, 0.4) is 0 Å². The molecule has 0 saturated heterocycles. The lowest BCUT2D eigenvalue weighted by molar-refractivity contribution is -0.116. The van der Waals surface area contributed by atoms with Crippen LogP contribution in [0.1, 0.15) is 0 Å². The van der Waals surface area contributed by atoms with Crippen molar-refractivity contribution < 1.29 is 4.79 Å². The molecule has 3 heterocycles. The molecular formula is C20H16N4O2. The summed E-state index contributed by atoms with van der Waals surface area (Å²) in [5.41, 5.74) is 3.18. The first-order valence-electron chi connectivity index (χ1n) is 8.18. The van der Waals surface area contributed by atoms with E-state index in [1.807, 2.05) is 59.3 Å². The molecule has 0 bridgehead atoms. The molecule has 4 rings (SSSR count). The number of amides is 1. The topological polar surface area (TPSA) is 68.4 Å². The summed E-state index contributed by atoms with van der Waals surface area (Å²) < 4.78 is 3.32. The highest BCUT2D eigenvalue weighted by Gasteiger charge is 2.07. The molecule has 6 heteroatoms. The number of benzene rings is 1. The van der Waals surface area contributed by atoms with E-state index in [-0.39, 0.29) is 18.0 Å². The number of carbonyl (C=O) groups excluding carboxylic acids is 1. The van der Waals surface area contributed by atoms with Crippen LogP contribution in [-0.2, 0) is 11.3 Å². The van der Waals surface area contributed by atoms with Crippen molar-refractivity contribution in [1.29, 1.82) is 0 Å². The highest BCUT2D eigenvalue weighted by molar-refractivity contribution is 5.90. The fraction of sp³-hybridized carbons (Fsp3) is 0.0500. The average Bonchev–Trinajstić information content (AvgIpc) is 3.08. The van der Waals surface area contributed by atoms with Crippen molar-refractivity contribution in [2.24, 2.45) is 0 Å². The number of rotatable bonds is 4. The molecular weight excluding hydrogens is 328 g/mol. The van der Waals surface area contributed by atoms with Crippen LogP contribution in [0, 0.1) is 0 Å². The first-order chi connectivity index (χ1) is 12.7. The van der Waals surface area contributed by atoms with E-state index < -0.39 is 0 Å². The monoisotopic (exact) mass is 344 g/mol. The second-order valence-electron chi connectivity index (χ2n) is 5.88. The van der Waals surface area contributed by atoms with E-state index >= 15 is 0 Å². The second kappa shape index (κ2) is 6.68. The number of hydrogen-bond acceptors (Lipinski definition) is 3. The van der Waals surface area contributed by atoms with Gasteiger partial charge in [-0.3, -0.25) is 9.59 Å². The highest BCUT2D eigenvalue weighted by Crippen LogP contribution is 2.21. The SMILES string of the molecule is O=C(Cn1ccccc1=O)Nc1ccc(-c2cn3ccccc3n2)cc1. The Morgan fingerprint density at radius 2 is 1.73 bits per heavy atom. The number of aromatic nitrogens is 3. The molecule has 0 fully saturated rings. The minimum atomic E-state index is -0.251. The van der Waals surface area contributed by atoms with E-state index in [2.05, 4.69) is 10.3 Å². The van der Waals surface area contributed by atoms with Gasteiger partial charge >= 0.3 is 0 Å². The summed E-state index contributed by atoms with van der Waals surface area (Å²) in [4.78, 5) is 28.4. The van der Waals surface area contributed by atoms with E-state index in [9.17, 15) is 9.59 Å². The van der Waals surface area contributed by atoms with Gasteiger partial charge in [-0.25, -0.2) is 4.98 Å². The van der Waals surface area contributed by atoms with Gasteiger partial charge in [0.1, 0.15) is 12.2 Å². The summed E-state index contributed by atoms with van der Waals surface area (Å²) >= 11 is 0. The normalized spacial score (nSPS) is 10.8. The zero-order valence-corrected chi connectivity index (χ0v) is 13.9. The van der Waals surface area contributed by atoms with Crippen LogP contribution >= 0.6 is 0 Å². The van der Waals surface area contributed by atoms with Gasteiger partial charge in [0.15, 0.2) is 0 Å². The minimum Gasteiger partial charge on any atom is -0.325 e. The first-order valence-corrected chi connectivity index (χ1v) is 8.18. The van der Waals surface area contributed by atoms with E-state index in [1.54, 1.807) is 18.3 Å². The van der Waals surface area contributed by atoms with Crippen molar-refractivity contribution in [3.05, 3.63) is 89.6 Å². The van der Waals surface area contributed by atoms with Crippen LogP contribution < -0.4 is 10.9 Å². The zero-order chi connectivity index (χ0) is 17.9. The Morgan fingerprint density at radius 1 is 0.962 bits per heavy atom. The van der Waals surface area contributed by atoms with Crippen LogP contribution in [0.5, 0.6) is 0 Å². The van der Waals surface area contributed by atoms with E-state index in [0.717, 1.165) is 16.9 Å². The molecule has 0 unspecified atom stereocenters. The fourth-order valence-electron chi connectivity index (χ4n) is 2.74. The van der Waals surface area contributed by atoms with E-state index in [4.69, 9.17) is 0 Å². The molecule has 128 valence electrons. The average molecular weight is 344 g/mol. The van der Waals surface area contributed by atoms with Crippen molar-refractivity contribution in [2.45, 2.75) is 6.54 Å². The van der Waals surface area contributed by atoms with Gasteiger partial charge in [-0.1, -0.05) is 24.3 Å². The molecule has 0 atom stereocenters. The number of imidazole rings is 1. The summed E-state index contributed by atoms with van der Waals surface area (Å²) in [7, 11) is 0. The molecule has 4 aromatic rings. The van der Waals surface area contributed by atoms with Gasteiger partial charge in [0.2, 0.25) is 5.91 Å². The maximum absolute atomic E-state index is 12.1. The Labute approximate surface area is 149 Å². The molecule has 0 aliphatic carbocycles. The summed E-state index contributed by atoms with van der Waals surface area (Å²) in [5, 5.41) is 2.80. The summed E-state index contributed by atoms with van der Waals surface area (Å²) in [6, 6.07) is 18.1. The van der Waals surface area contributed by atoms with Gasteiger partial charge in [-0.15, -0.1) is 0 Å². The van der Waals surface area contributed by atoms with Crippen LogP contribution in [0.25, 0.3) is 16.9 Å². The third-order valence-corrected chi connectivity index (χ3v) is 4.04. The van der Waals surface area contributed by atoms with Crippen molar-refractivity contribution in [3.8, 4) is 11.3 Å². The van der Waals surface area contributed by atoms with Crippen molar-refractivity contribution >= 4 is 17.2 Å².